The number of rotatable bonds is 7. The van der Waals surface area contributed by atoms with E-state index < -0.39 is 0 Å². The molecule has 0 bridgehead atoms. The Hall–Kier alpha value is -2.37. The van der Waals surface area contributed by atoms with E-state index >= 15 is 0 Å². The normalized spacial score (nSPS) is 14.3. The molecule has 1 aliphatic heterocycles. The lowest BCUT2D eigenvalue weighted by Crippen LogP contribution is -2.36. The van der Waals surface area contributed by atoms with Crippen LogP contribution in [0.1, 0.15) is 17.5 Å². The molecule has 5 nitrogen and oxygen atoms in total. The van der Waals surface area contributed by atoms with E-state index in [1.165, 1.54) is 11.1 Å². The number of aryl methyl sites for hydroxylation is 1. The molecule has 0 atom stereocenters. The molecule has 138 valence electrons. The van der Waals surface area contributed by atoms with E-state index in [2.05, 4.69) is 52.8 Å². The van der Waals surface area contributed by atoms with Gasteiger partial charge in [-0.3, -0.25) is 4.79 Å². The maximum absolute atomic E-state index is 12.3. The monoisotopic (exact) mass is 353 g/mol. The molecule has 26 heavy (non-hydrogen) atoms. The first-order valence-corrected chi connectivity index (χ1v) is 9.20. The Morgan fingerprint density at radius 2 is 1.92 bits per heavy atom. The van der Waals surface area contributed by atoms with Crippen molar-refractivity contribution in [1.82, 2.24) is 5.32 Å². The largest absolute Gasteiger partial charge is 0.378 e. The van der Waals surface area contributed by atoms with E-state index in [-0.39, 0.29) is 5.91 Å². The van der Waals surface area contributed by atoms with Crippen molar-refractivity contribution in [2.75, 3.05) is 43.1 Å². The van der Waals surface area contributed by atoms with Gasteiger partial charge in [-0.1, -0.05) is 42.0 Å². The summed E-state index contributed by atoms with van der Waals surface area (Å²) in [6.45, 7) is 6.67. The van der Waals surface area contributed by atoms with Gasteiger partial charge in [-0.05, 0) is 24.6 Å². The first kappa shape index (κ1) is 18.4. The van der Waals surface area contributed by atoms with Crippen LogP contribution >= 0.6 is 0 Å². The van der Waals surface area contributed by atoms with E-state index in [0.717, 1.165) is 44.2 Å². The van der Waals surface area contributed by atoms with Crippen LogP contribution in [0.3, 0.4) is 0 Å². The van der Waals surface area contributed by atoms with Gasteiger partial charge in [0.25, 0.3) is 0 Å². The molecule has 2 aromatic carbocycles. The zero-order chi connectivity index (χ0) is 18.2. The summed E-state index contributed by atoms with van der Waals surface area (Å²) in [4.78, 5) is 14.6. The number of para-hydroxylation sites is 2. The molecule has 0 aliphatic carbocycles. The predicted octanol–water partition coefficient (Wildman–Crippen LogP) is 2.95. The molecule has 0 unspecified atom stereocenters. The number of hydrogen-bond donors (Lipinski definition) is 2. The Labute approximate surface area is 155 Å². The standard InChI is InChI=1S/C21H27N3O2/c1-17-5-4-6-18(15-17)16-22-10-9-21(25)23-19-7-2-3-8-20(19)24-11-13-26-14-12-24/h2-8,15,22H,9-14,16H2,1H3,(H,23,25). The summed E-state index contributed by atoms with van der Waals surface area (Å²) in [5, 5.41) is 6.39. The molecule has 0 spiro atoms. The lowest BCUT2D eigenvalue weighted by atomic mass is 10.1. The van der Waals surface area contributed by atoms with E-state index in [4.69, 9.17) is 4.74 Å². The number of carbonyl (C=O) groups excluding carboxylic acids is 1. The molecule has 1 heterocycles. The molecule has 2 N–H and O–H groups in total. The number of ether oxygens (including phenoxy) is 1. The number of benzene rings is 2. The van der Waals surface area contributed by atoms with Gasteiger partial charge in [0.15, 0.2) is 0 Å². The molecular formula is C21H27N3O2. The number of amides is 1. The maximum Gasteiger partial charge on any atom is 0.225 e. The van der Waals surface area contributed by atoms with Crippen molar-refractivity contribution in [2.45, 2.75) is 19.9 Å². The predicted molar refractivity (Wildman–Crippen MR) is 106 cm³/mol. The highest BCUT2D eigenvalue weighted by molar-refractivity contribution is 5.94. The lowest BCUT2D eigenvalue weighted by molar-refractivity contribution is -0.116. The fourth-order valence-electron chi connectivity index (χ4n) is 3.13. The zero-order valence-corrected chi connectivity index (χ0v) is 15.3. The van der Waals surface area contributed by atoms with Crippen molar-refractivity contribution in [3.63, 3.8) is 0 Å². The van der Waals surface area contributed by atoms with Crippen LogP contribution in [0.15, 0.2) is 48.5 Å². The first-order chi connectivity index (χ1) is 12.7. The summed E-state index contributed by atoms with van der Waals surface area (Å²) in [7, 11) is 0. The van der Waals surface area contributed by atoms with Crippen LogP contribution in [0, 0.1) is 6.92 Å². The van der Waals surface area contributed by atoms with Crippen LogP contribution in [0.4, 0.5) is 11.4 Å². The van der Waals surface area contributed by atoms with Crippen LogP contribution in [0.25, 0.3) is 0 Å². The Bertz CT molecular complexity index is 727. The molecule has 1 saturated heterocycles. The van der Waals surface area contributed by atoms with Crippen LogP contribution in [-0.4, -0.2) is 38.8 Å². The van der Waals surface area contributed by atoms with Gasteiger partial charge in [-0.15, -0.1) is 0 Å². The maximum atomic E-state index is 12.3. The van der Waals surface area contributed by atoms with Crippen molar-refractivity contribution >= 4 is 17.3 Å². The average molecular weight is 353 g/mol. The summed E-state index contributed by atoms with van der Waals surface area (Å²) < 4.78 is 5.41. The third-order valence-electron chi connectivity index (χ3n) is 4.47. The Morgan fingerprint density at radius 3 is 2.73 bits per heavy atom. The molecule has 0 aromatic heterocycles. The molecule has 1 fully saturated rings. The summed E-state index contributed by atoms with van der Waals surface area (Å²) in [5.41, 5.74) is 4.43. The summed E-state index contributed by atoms with van der Waals surface area (Å²) in [6, 6.07) is 16.4. The smallest absolute Gasteiger partial charge is 0.225 e. The van der Waals surface area contributed by atoms with Crippen molar-refractivity contribution < 1.29 is 9.53 Å². The van der Waals surface area contributed by atoms with E-state index in [1.54, 1.807) is 0 Å². The topological polar surface area (TPSA) is 53.6 Å². The van der Waals surface area contributed by atoms with E-state index in [1.807, 2.05) is 18.2 Å². The first-order valence-electron chi connectivity index (χ1n) is 9.20. The third kappa shape index (κ3) is 5.31. The van der Waals surface area contributed by atoms with Gasteiger partial charge in [0, 0.05) is 32.6 Å². The van der Waals surface area contributed by atoms with Crippen LogP contribution in [0.5, 0.6) is 0 Å². The van der Waals surface area contributed by atoms with Gasteiger partial charge in [0.1, 0.15) is 0 Å². The van der Waals surface area contributed by atoms with Gasteiger partial charge in [0.2, 0.25) is 5.91 Å². The van der Waals surface area contributed by atoms with Crippen molar-refractivity contribution in [3.8, 4) is 0 Å². The van der Waals surface area contributed by atoms with Gasteiger partial charge in [0.05, 0.1) is 24.6 Å². The number of nitrogens with one attached hydrogen (secondary N) is 2. The quantitative estimate of drug-likeness (QED) is 0.752. The minimum atomic E-state index is 0.0300. The fourth-order valence-corrected chi connectivity index (χ4v) is 3.13. The SMILES string of the molecule is Cc1cccc(CNCCC(=O)Nc2ccccc2N2CCOCC2)c1. The van der Waals surface area contributed by atoms with E-state index in [0.29, 0.717) is 13.0 Å². The Morgan fingerprint density at radius 1 is 1.12 bits per heavy atom. The second-order valence-electron chi connectivity index (χ2n) is 6.58. The van der Waals surface area contributed by atoms with Crippen LogP contribution in [0.2, 0.25) is 0 Å². The van der Waals surface area contributed by atoms with Crippen molar-refractivity contribution in [1.29, 1.82) is 0 Å². The molecular weight excluding hydrogens is 326 g/mol. The third-order valence-corrected chi connectivity index (χ3v) is 4.47. The van der Waals surface area contributed by atoms with Crippen LogP contribution in [-0.2, 0) is 16.1 Å². The fraction of sp³-hybridized carbons (Fsp3) is 0.381. The summed E-state index contributed by atoms with van der Waals surface area (Å²) in [5.74, 6) is 0.0300. The molecule has 1 amide bonds. The molecule has 3 rings (SSSR count). The highest BCUT2D eigenvalue weighted by Gasteiger charge is 2.15. The van der Waals surface area contributed by atoms with Gasteiger partial charge >= 0.3 is 0 Å². The summed E-state index contributed by atoms with van der Waals surface area (Å²) in [6.07, 6.45) is 0.448. The van der Waals surface area contributed by atoms with Crippen molar-refractivity contribution in [2.24, 2.45) is 0 Å². The van der Waals surface area contributed by atoms with E-state index in [9.17, 15) is 4.79 Å². The molecule has 0 radical (unpaired) electrons. The Balaban J connectivity index is 1.47. The lowest BCUT2D eigenvalue weighted by Gasteiger charge is -2.30. The Kier molecular flexibility index (Phi) is 6.63. The highest BCUT2D eigenvalue weighted by atomic mass is 16.5. The molecule has 1 aliphatic rings. The number of hydrogen-bond acceptors (Lipinski definition) is 4. The van der Waals surface area contributed by atoms with Gasteiger partial charge < -0.3 is 20.3 Å². The average Bonchev–Trinajstić information content (AvgIpc) is 2.66. The second kappa shape index (κ2) is 9.36. The van der Waals surface area contributed by atoms with Gasteiger partial charge in [-0.2, -0.15) is 0 Å². The number of anilines is 2. The number of nitrogens with zero attached hydrogens (tertiary/aromatic N) is 1. The highest BCUT2D eigenvalue weighted by Crippen LogP contribution is 2.26. The summed E-state index contributed by atoms with van der Waals surface area (Å²) >= 11 is 0. The molecule has 0 saturated carbocycles. The number of carbonyl (C=O) groups is 1. The minimum Gasteiger partial charge on any atom is -0.378 e. The van der Waals surface area contributed by atoms with Crippen LogP contribution < -0.4 is 15.5 Å². The van der Waals surface area contributed by atoms with Gasteiger partial charge in [-0.25, -0.2) is 0 Å². The minimum absolute atomic E-state index is 0.0300. The van der Waals surface area contributed by atoms with Crippen molar-refractivity contribution in [3.05, 3.63) is 59.7 Å². The molecule has 2 aromatic rings. The second-order valence-corrected chi connectivity index (χ2v) is 6.58. The zero-order valence-electron chi connectivity index (χ0n) is 15.3. The number of morpholine rings is 1. The molecule has 5 heteroatoms.